The van der Waals surface area contributed by atoms with E-state index in [1.165, 1.54) is 34.7 Å². The monoisotopic (exact) mass is 543 g/mol. The normalized spacial score (nSPS) is 11.2. The molecule has 0 saturated carbocycles. The van der Waals surface area contributed by atoms with Crippen molar-refractivity contribution in [2.75, 3.05) is 6.54 Å². The van der Waals surface area contributed by atoms with Gasteiger partial charge in [-0.05, 0) is 48.4 Å². The minimum Gasteiger partial charge on any atom is -0.356 e. The van der Waals surface area contributed by atoms with Gasteiger partial charge in [0.15, 0.2) is 5.16 Å². The molecule has 0 radical (unpaired) electrons. The summed E-state index contributed by atoms with van der Waals surface area (Å²) in [6.45, 7) is 1.11. The Morgan fingerprint density at radius 1 is 1.08 bits per heavy atom. The number of aromatic nitrogens is 2. The highest BCUT2D eigenvalue weighted by Gasteiger charge is 2.15. The number of thiophene rings is 1. The fraction of sp³-hybridized carbons (Fsp3) is 0.296. The van der Waals surface area contributed by atoms with Crippen LogP contribution >= 0.6 is 34.7 Å². The van der Waals surface area contributed by atoms with E-state index in [1.807, 2.05) is 41.8 Å². The van der Waals surface area contributed by atoms with Crippen molar-refractivity contribution in [1.82, 2.24) is 14.9 Å². The summed E-state index contributed by atoms with van der Waals surface area (Å²) in [5.41, 5.74) is 2.16. The molecule has 0 bridgehead atoms. The van der Waals surface area contributed by atoms with Crippen LogP contribution in [0, 0.1) is 5.82 Å². The number of hydrogen-bond donors (Lipinski definition) is 1. The third-order valence-corrected chi connectivity index (χ3v) is 8.05. The Labute approximate surface area is 222 Å². The summed E-state index contributed by atoms with van der Waals surface area (Å²) >= 11 is 8.85. The Hall–Kier alpha value is -2.68. The molecule has 188 valence electrons. The number of unbranched alkanes of at least 4 members (excludes halogenated alkanes) is 2. The zero-order valence-electron chi connectivity index (χ0n) is 19.7. The average Bonchev–Trinajstić information content (AvgIpc) is 3.34. The maximum Gasteiger partial charge on any atom is 0.272 e. The third kappa shape index (κ3) is 6.96. The van der Waals surface area contributed by atoms with E-state index < -0.39 is 0 Å². The van der Waals surface area contributed by atoms with E-state index in [0.29, 0.717) is 45.5 Å². The predicted molar refractivity (Wildman–Crippen MR) is 146 cm³/mol. The van der Waals surface area contributed by atoms with Crippen molar-refractivity contribution in [3.63, 3.8) is 0 Å². The van der Waals surface area contributed by atoms with Crippen LogP contribution in [0.2, 0.25) is 5.02 Å². The first-order chi connectivity index (χ1) is 17.5. The van der Waals surface area contributed by atoms with Crippen LogP contribution < -0.4 is 10.9 Å². The highest BCUT2D eigenvalue weighted by molar-refractivity contribution is 7.98. The fourth-order valence-electron chi connectivity index (χ4n) is 3.85. The van der Waals surface area contributed by atoms with E-state index in [9.17, 15) is 14.0 Å². The standard InChI is InChI=1S/C27H27ClFN3O2S2/c28-21-10-7-11-22(29)20(21)18-36-27-31-23-14-17-35-25(23)26(34)32(27)16-6-2-5-12-24(33)30-15-13-19-8-3-1-4-9-19/h1,3-4,7-11,14,17H,2,5-6,12-13,15-16,18H2,(H,30,33). The van der Waals surface area contributed by atoms with Gasteiger partial charge < -0.3 is 5.32 Å². The van der Waals surface area contributed by atoms with Gasteiger partial charge in [0.1, 0.15) is 10.5 Å². The zero-order valence-corrected chi connectivity index (χ0v) is 22.1. The van der Waals surface area contributed by atoms with Gasteiger partial charge in [-0.2, -0.15) is 0 Å². The molecule has 0 saturated heterocycles. The molecule has 0 unspecified atom stereocenters. The van der Waals surface area contributed by atoms with Crippen molar-refractivity contribution in [3.05, 3.63) is 92.3 Å². The second-order valence-electron chi connectivity index (χ2n) is 8.37. The van der Waals surface area contributed by atoms with Gasteiger partial charge in [0.05, 0.1) is 5.52 Å². The molecular formula is C27H27ClFN3O2S2. The Morgan fingerprint density at radius 2 is 1.92 bits per heavy atom. The van der Waals surface area contributed by atoms with E-state index in [-0.39, 0.29) is 23.0 Å². The maximum atomic E-state index is 14.2. The number of halogens is 2. The molecule has 36 heavy (non-hydrogen) atoms. The number of carbonyl (C=O) groups excluding carboxylic acids is 1. The smallest absolute Gasteiger partial charge is 0.272 e. The summed E-state index contributed by atoms with van der Waals surface area (Å²) in [6, 6.07) is 16.5. The van der Waals surface area contributed by atoms with Crippen LogP contribution in [-0.2, 0) is 23.5 Å². The quantitative estimate of drug-likeness (QED) is 0.126. The van der Waals surface area contributed by atoms with E-state index >= 15 is 0 Å². The highest BCUT2D eigenvalue weighted by atomic mass is 35.5. The maximum absolute atomic E-state index is 14.2. The van der Waals surface area contributed by atoms with Crippen LogP contribution in [0.5, 0.6) is 0 Å². The molecule has 2 heterocycles. The Bertz CT molecular complexity index is 1350. The first-order valence-corrected chi connectivity index (χ1v) is 14.1. The largest absolute Gasteiger partial charge is 0.356 e. The Kier molecular flexibility index (Phi) is 9.55. The molecule has 1 amide bonds. The number of thioether (sulfide) groups is 1. The molecule has 9 heteroatoms. The second kappa shape index (κ2) is 13.0. The molecule has 0 aliphatic heterocycles. The molecule has 5 nitrogen and oxygen atoms in total. The van der Waals surface area contributed by atoms with Gasteiger partial charge in [-0.15, -0.1) is 11.3 Å². The number of hydrogen-bond acceptors (Lipinski definition) is 5. The van der Waals surface area contributed by atoms with Crippen LogP contribution in [0.3, 0.4) is 0 Å². The van der Waals surface area contributed by atoms with Crippen molar-refractivity contribution in [1.29, 1.82) is 0 Å². The summed E-state index contributed by atoms with van der Waals surface area (Å²) in [7, 11) is 0. The lowest BCUT2D eigenvalue weighted by atomic mass is 10.1. The van der Waals surface area contributed by atoms with Crippen molar-refractivity contribution in [2.24, 2.45) is 0 Å². The third-order valence-electron chi connectivity index (χ3n) is 5.80. The molecule has 0 atom stereocenters. The van der Waals surface area contributed by atoms with Crippen molar-refractivity contribution in [3.8, 4) is 0 Å². The number of benzene rings is 2. The van der Waals surface area contributed by atoms with E-state index in [2.05, 4.69) is 10.3 Å². The molecule has 2 aromatic heterocycles. The average molecular weight is 544 g/mol. The highest BCUT2D eigenvalue weighted by Crippen LogP contribution is 2.29. The van der Waals surface area contributed by atoms with Crippen molar-refractivity contribution >= 4 is 50.8 Å². The molecule has 0 aliphatic carbocycles. The fourth-order valence-corrected chi connectivity index (χ4v) is 6.00. The molecule has 4 rings (SSSR count). The minimum absolute atomic E-state index is 0.0442. The van der Waals surface area contributed by atoms with Crippen LogP contribution in [-0.4, -0.2) is 22.0 Å². The number of carbonyl (C=O) groups is 1. The summed E-state index contributed by atoms with van der Waals surface area (Å²) < 4.78 is 16.5. The lowest BCUT2D eigenvalue weighted by Gasteiger charge is -2.13. The zero-order chi connectivity index (χ0) is 25.3. The van der Waals surface area contributed by atoms with Gasteiger partial charge in [0.2, 0.25) is 5.91 Å². The molecule has 2 aromatic carbocycles. The molecule has 0 aliphatic rings. The van der Waals surface area contributed by atoms with Crippen molar-refractivity contribution in [2.45, 2.75) is 49.6 Å². The van der Waals surface area contributed by atoms with Gasteiger partial charge >= 0.3 is 0 Å². The summed E-state index contributed by atoms with van der Waals surface area (Å²) in [4.78, 5) is 29.9. The number of nitrogens with one attached hydrogen (secondary N) is 1. The van der Waals surface area contributed by atoms with E-state index in [1.54, 1.807) is 16.7 Å². The van der Waals surface area contributed by atoms with Crippen LogP contribution in [0.25, 0.3) is 10.2 Å². The molecule has 1 N–H and O–H groups in total. The van der Waals surface area contributed by atoms with Gasteiger partial charge in [0.25, 0.3) is 5.56 Å². The topological polar surface area (TPSA) is 64.0 Å². The van der Waals surface area contributed by atoms with Gasteiger partial charge in [-0.25, -0.2) is 9.37 Å². The lowest BCUT2D eigenvalue weighted by Crippen LogP contribution is -2.25. The number of fused-ring (bicyclic) bond motifs is 1. The molecule has 0 fully saturated rings. The molecule has 4 aromatic rings. The summed E-state index contributed by atoms with van der Waals surface area (Å²) in [6.07, 6.45) is 3.56. The van der Waals surface area contributed by atoms with Crippen LogP contribution in [0.15, 0.2) is 69.9 Å². The number of amides is 1. The minimum atomic E-state index is -0.373. The number of nitrogens with zero attached hydrogens (tertiary/aromatic N) is 2. The second-order valence-corrected chi connectivity index (χ2v) is 10.6. The van der Waals surface area contributed by atoms with Gasteiger partial charge in [-0.3, -0.25) is 14.2 Å². The van der Waals surface area contributed by atoms with Gasteiger partial charge in [-0.1, -0.05) is 66.2 Å². The van der Waals surface area contributed by atoms with E-state index in [0.717, 1.165) is 25.7 Å². The summed E-state index contributed by atoms with van der Waals surface area (Å²) in [5.74, 6) is -0.0538. The predicted octanol–water partition coefficient (Wildman–Crippen LogP) is 6.46. The molecule has 0 spiro atoms. The molecular weight excluding hydrogens is 517 g/mol. The Morgan fingerprint density at radius 3 is 2.72 bits per heavy atom. The van der Waals surface area contributed by atoms with Gasteiger partial charge in [0, 0.05) is 35.8 Å². The Balaban J connectivity index is 1.30. The lowest BCUT2D eigenvalue weighted by molar-refractivity contribution is -0.121. The number of rotatable bonds is 12. The summed E-state index contributed by atoms with van der Waals surface area (Å²) in [5, 5.41) is 5.72. The SMILES string of the molecule is O=C(CCCCCn1c(SCc2c(F)cccc2Cl)nc2ccsc2c1=O)NCCc1ccccc1. The first-order valence-electron chi connectivity index (χ1n) is 11.9. The van der Waals surface area contributed by atoms with Crippen molar-refractivity contribution < 1.29 is 9.18 Å². The first kappa shape index (κ1) is 26.4. The van der Waals surface area contributed by atoms with Crippen LogP contribution in [0.4, 0.5) is 4.39 Å². The van der Waals surface area contributed by atoms with E-state index in [4.69, 9.17) is 11.6 Å². The van der Waals surface area contributed by atoms with Crippen LogP contribution in [0.1, 0.15) is 36.8 Å².